The lowest BCUT2D eigenvalue weighted by Gasteiger charge is -2.07. The Bertz CT molecular complexity index is 1370. The van der Waals surface area contributed by atoms with Crippen molar-refractivity contribution in [2.45, 2.75) is 13.3 Å². The molecule has 0 unspecified atom stereocenters. The highest BCUT2D eigenvalue weighted by atomic mass is 16.4. The first-order valence-corrected chi connectivity index (χ1v) is 9.73. The summed E-state index contributed by atoms with van der Waals surface area (Å²) in [4.78, 5) is 33.2. The molecule has 0 aliphatic heterocycles. The molecule has 152 valence electrons. The maximum atomic E-state index is 12.4. The molecule has 5 heterocycles. The van der Waals surface area contributed by atoms with Crippen molar-refractivity contribution in [3.05, 3.63) is 78.9 Å². The summed E-state index contributed by atoms with van der Waals surface area (Å²) in [5, 5.41) is 2.82. The van der Waals surface area contributed by atoms with E-state index in [1.54, 1.807) is 31.7 Å². The number of hydrogen-bond acceptors (Lipinski definition) is 6. The summed E-state index contributed by atoms with van der Waals surface area (Å²) in [6.07, 6.45) is 6.81. The number of carbonyl (C=O) groups is 1. The second-order valence-electron chi connectivity index (χ2n) is 6.99. The summed E-state index contributed by atoms with van der Waals surface area (Å²) in [5.74, 6) is 1.24. The first kappa shape index (κ1) is 18.7. The van der Waals surface area contributed by atoms with Crippen LogP contribution in [0.5, 0.6) is 0 Å². The first-order chi connectivity index (χ1) is 15.2. The summed E-state index contributed by atoms with van der Waals surface area (Å²) < 4.78 is 5.37. The van der Waals surface area contributed by atoms with Gasteiger partial charge in [-0.2, -0.15) is 0 Å². The van der Waals surface area contributed by atoms with Crippen molar-refractivity contribution >= 4 is 22.8 Å². The predicted octanol–water partition coefficient (Wildman–Crippen LogP) is 4.16. The smallest absolute Gasteiger partial charge is 0.233 e. The number of H-pyrrole nitrogens is 1. The monoisotopic (exact) mass is 410 g/mol. The molecule has 0 radical (unpaired) electrons. The van der Waals surface area contributed by atoms with E-state index in [9.17, 15) is 4.79 Å². The van der Waals surface area contributed by atoms with E-state index in [0.29, 0.717) is 17.5 Å². The van der Waals surface area contributed by atoms with Gasteiger partial charge in [-0.1, -0.05) is 6.07 Å². The fourth-order valence-electron chi connectivity index (χ4n) is 3.48. The minimum atomic E-state index is -0.232. The number of hydrogen-bond donors (Lipinski definition) is 2. The van der Waals surface area contributed by atoms with Gasteiger partial charge in [-0.05, 0) is 36.4 Å². The van der Waals surface area contributed by atoms with E-state index in [2.05, 4.69) is 30.2 Å². The van der Waals surface area contributed by atoms with Gasteiger partial charge in [-0.15, -0.1) is 0 Å². The normalized spacial score (nSPS) is 11.0. The molecule has 0 atom stereocenters. The Balaban J connectivity index is 1.50. The predicted molar refractivity (Wildman–Crippen MR) is 116 cm³/mol. The maximum Gasteiger partial charge on any atom is 0.233 e. The number of anilines is 1. The van der Waals surface area contributed by atoms with Crippen LogP contribution in [-0.4, -0.2) is 30.8 Å². The van der Waals surface area contributed by atoms with Crippen LogP contribution in [-0.2, 0) is 11.2 Å². The van der Waals surface area contributed by atoms with Crippen LogP contribution < -0.4 is 5.32 Å². The van der Waals surface area contributed by atoms with Gasteiger partial charge in [0.2, 0.25) is 5.91 Å². The molecule has 2 N–H and O–H groups in total. The van der Waals surface area contributed by atoms with Gasteiger partial charge in [0.25, 0.3) is 0 Å². The van der Waals surface area contributed by atoms with Crippen LogP contribution in [0, 0.1) is 6.92 Å². The number of fused-ring (bicyclic) bond motifs is 1. The molecule has 0 fully saturated rings. The lowest BCUT2D eigenvalue weighted by atomic mass is 10.0. The number of pyridine rings is 3. The zero-order valence-corrected chi connectivity index (χ0v) is 16.7. The Morgan fingerprint density at radius 2 is 1.94 bits per heavy atom. The second-order valence-corrected chi connectivity index (χ2v) is 6.99. The fourth-order valence-corrected chi connectivity index (χ4v) is 3.48. The molecular formula is C23H18N6O2. The molecule has 0 aromatic carbocycles. The van der Waals surface area contributed by atoms with Crippen molar-refractivity contribution in [3.63, 3.8) is 0 Å². The van der Waals surface area contributed by atoms with Gasteiger partial charge in [0.15, 0.2) is 5.89 Å². The summed E-state index contributed by atoms with van der Waals surface area (Å²) in [5.41, 5.74) is 5.17. The summed E-state index contributed by atoms with van der Waals surface area (Å²) >= 11 is 0. The molecule has 0 aliphatic carbocycles. The third-order valence-corrected chi connectivity index (χ3v) is 4.80. The average molecular weight is 410 g/mol. The molecule has 8 heteroatoms. The summed E-state index contributed by atoms with van der Waals surface area (Å²) in [6, 6.07) is 13.3. The molecule has 31 heavy (non-hydrogen) atoms. The van der Waals surface area contributed by atoms with Gasteiger partial charge in [0, 0.05) is 31.1 Å². The quantitative estimate of drug-likeness (QED) is 0.450. The number of aromatic amines is 1. The lowest BCUT2D eigenvalue weighted by Crippen LogP contribution is -2.15. The van der Waals surface area contributed by atoms with E-state index in [-0.39, 0.29) is 12.3 Å². The van der Waals surface area contributed by atoms with Crippen LogP contribution in [0.4, 0.5) is 5.82 Å². The third-order valence-electron chi connectivity index (χ3n) is 4.80. The van der Waals surface area contributed by atoms with E-state index >= 15 is 0 Å². The minimum Gasteiger partial charge on any atom is -0.446 e. The molecule has 8 nitrogen and oxygen atoms in total. The highest BCUT2D eigenvalue weighted by Gasteiger charge is 2.18. The van der Waals surface area contributed by atoms with E-state index in [4.69, 9.17) is 4.42 Å². The Labute approximate surface area is 177 Å². The van der Waals surface area contributed by atoms with Crippen molar-refractivity contribution in [3.8, 4) is 22.5 Å². The maximum absolute atomic E-state index is 12.4. The number of nitrogens with one attached hydrogen (secondary N) is 2. The standard InChI is InChI=1S/C23H18N6O2/c1-14-27-13-16(31-14)12-20(30)29-19-11-15(7-10-25-19)22-21(17-5-2-3-8-24-17)23-18(28-22)6-4-9-26-23/h2-11,13,28H,12H2,1H3,(H,25,29,30). The van der Waals surface area contributed by atoms with Crippen molar-refractivity contribution in [1.82, 2.24) is 24.9 Å². The largest absolute Gasteiger partial charge is 0.446 e. The Kier molecular flexibility index (Phi) is 4.72. The van der Waals surface area contributed by atoms with Gasteiger partial charge in [0.1, 0.15) is 11.6 Å². The highest BCUT2D eigenvalue weighted by Crippen LogP contribution is 2.36. The summed E-state index contributed by atoms with van der Waals surface area (Å²) in [7, 11) is 0. The van der Waals surface area contributed by atoms with Crippen molar-refractivity contribution in [2.75, 3.05) is 5.32 Å². The van der Waals surface area contributed by atoms with Crippen molar-refractivity contribution < 1.29 is 9.21 Å². The highest BCUT2D eigenvalue weighted by molar-refractivity contribution is 6.01. The van der Waals surface area contributed by atoms with Gasteiger partial charge < -0.3 is 14.7 Å². The zero-order valence-electron chi connectivity index (χ0n) is 16.7. The minimum absolute atomic E-state index is 0.0856. The van der Waals surface area contributed by atoms with Gasteiger partial charge >= 0.3 is 0 Å². The average Bonchev–Trinajstić information content (AvgIpc) is 3.37. The van der Waals surface area contributed by atoms with Crippen molar-refractivity contribution in [2.24, 2.45) is 0 Å². The SMILES string of the molecule is Cc1ncc(CC(=O)Nc2cc(-c3[nH]c4cccnc4c3-c3ccccn3)ccn2)o1. The fraction of sp³-hybridized carbons (Fsp3) is 0.0870. The third kappa shape index (κ3) is 3.78. The lowest BCUT2D eigenvalue weighted by molar-refractivity contribution is -0.115. The molecule has 0 saturated heterocycles. The second kappa shape index (κ2) is 7.83. The number of rotatable bonds is 5. The Morgan fingerprint density at radius 1 is 1.03 bits per heavy atom. The molecule has 5 rings (SSSR count). The molecule has 1 amide bonds. The van der Waals surface area contributed by atoms with E-state index in [0.717, 1.165) is 33.5 Å². The topological polar surface area (TPSA) is 110 Å². The number of oxazole rings is 1. The van der Waals surface area contributed by atoms with Crippen LogP contribution >= 0.6 is 0 Å². The molecule has 5 aromatic heterocycles. The van der Waals surface area contributed by atoms with Crippen LogP contribution in [0.1, 0.15) is 11.7 Å². The molecule has 0 bridgehead atoms. The number of nitrogens with zero attached hydrogens (tertiary/aromatic N) is 4. The van der Waals surface area contributed by atoms with Gasteiger partial charge in [-0.3, -0.25) is 14.8 Å². The van der Waals surface area contributed by atoms with Gasteiger partial charge in [0.05, 0.1) is 40.6 Å². The molecule has 0 saturated carbocycles. The zero-order chi connectivity index (χ0) is 21.2. The van der Waals surface area contributed by atoms with E-state index in [1.165, 1.54) is 0 Å². The number of aromatic nitrogens is 5. The van der Waals surface area contributed by atoms with E-state index < -0.39 is 0 Å². The van der Waals surface area contributed by atoms with Crippen molar-refractivity contribution in [1.29, 1.82) is 0 Å². The van der Waals surface area contributed by atoms with Crippen LogP contribution in [0.25, 0.3) is 33.5 Å². The Morgan fingerprint density at radius 3 is 2.74 bits per heavy atom. The number of amides is 1. The molecule has 5 aromatic rings. The molecule has 0 aliphatic rings. The van der Waals surface area contributed by atoms with Crippen LogP contribution in [0.15, 0.2) is 71.7 Å². The summed E-state index contributed by atoms with van der Waals surface area (Å²) in [6.45, 7) is 1.74. The molecule has 0 spiro atoms. The van der Waals surface area contributed by atoms with Crippen LogP contribution in [0.2, 0.25) is 0 Å². The van der Waals surface area contributed by atoms with E-state index in [1.807, 2.05) is 42.5 Å². The first-order valence-electron chi connectivity index (χ1n) is 9.73. The molecular weight excluding hydrogens is 392 g/mol. The Hall–Kier alpha value is -4.33. The van der Waals surface area contributed by atoms with Crippen LogP contribution in [0.3, 0.4) is 0 Å². The van der Waals surface area contributed by atoms with Gasteiger partial charge in [-0.25, -0.2) is 9.97 Å². The number of carbonyl (C=O) groups excluding carboxylic acids is 1. The number of aryl methyl sites for hydroxylation is 1.